The molecule has 0 aromatic rings. The molecule has 35 nitrogen and oxygen atoms in total. The Balaban J connectivity index is 0.000000967. The number of carboxylic acid groups (broad SMARTS) is 2. The molecule has 14 N–H and O–H groups in total. The quantitative estimate of drug-likeness (QED) is 0.0255. The molecule has 3 aliphatic heterocycles. The molecule has 3 fully saturated rings. The average molecular weight is 1340 g/mol. The minimum Gasteiger partial charge on any atom is -0.480 e. The van der Waals surface area contributed by atoms with Crippen LogP contribution in [0.3, 0.4) is 0 Å². The molecule has 3 rings (SSSR count). The summed E-state index contributed by atoms with van der Waals surface area (Å²) in [7, 11) is 0. The summed E-state index contributed by atoms with van der Waals surface area (Å²) >= 11 is 0. The van der Waals surface area contributed by atoms with Gasteiger partial charge in [-0.3, -0.25) is 62.3 Å². The average Bonchev–Trinajstić information content (AvgIpc) is 0.781. The predicted octanol–water partition coefficient (Wildman–Crippen LogP) is -5.03. The Labute approximate surface area is 538 Å². The Hall–Kier alpha value is -6.61. The highest BCUT2D eigenvalue weighted by Gasteiger charge is 2.53. The van der Waals surface area contributed by atoms with Crippen molar-refractivity contribution in [3.63, 3.8) is 0 Å². The number of carbonyl (C=O) groups is 13. The van der Waals surface area contributed by atoms with E-state index in [4.69, 9.17) is 38.6 Å². The van der Waals surface area contributed by atoms with E-state index in [-0.39, 0.29) is 88.9 Å². The van der Waals surface area contributed by atoms with E-state index < -0.39 is 204 Å². The van der Waals surface area contributed by atoms with Gasteiger partial charge in [0.15, 0.2) is 36.2 Å². The number of ketones is 4. The number of amides is 7. The lowest BCUT2D eigenvalue weighted by atomic mass is 9.95. The molecule has 0 aliphatic carbocycles. The fourth-order valence-electron chi connectivity index (χ4n) is 9.26. The zero-order valence-electron chi connectivity index (χ0n) is 52.4. The second-order valence-corrected chi connectivity index (χ2v) is 21.9. The van der Waals surface area contributed by atoms with Crippen LogP contribution in [0.15, 0.2) is 0 Å². The van der Waals surface area contributed by atoms with Gasteiger partial charge >= 0.3 is 11.9 Å². The minimum atomic E-state index is -1.67. The molecular formula is C58H97N7O28. The number of carbonyl (C=O) groups excluding carboxylic acids is 11. The molecule has 0 saturated carbocycles. The largest absolute Gasteiger partial charge is 0.480 e. The number of nitrogens with one attached hydrogen (secondary N) is 5. The molecule has 0 radical (unpaired) electrons. The van der Waals surface area contributed by atoms with E-state index in [1.54, 1.807) is 13.8 Å². The second kappa shape index (κ2) is 44.9. The van der Waals surface area contributed by atoms with Crippen molar-refractivity contribution in [3.05, 3.63) is 0 Å². The molecule has 5 unspecified atom stereocenters. The number of ether oxygens (including phenoxy) is 6. The monoisotopic (exact) mass is 1340 g/mol. The highest BCUT2D eigenvalue weighted by molar-refractivity contribution is 5.94. The smallest absolute Gasteiger partial charge is 0.323 e. The first-order valence-electron chi connectivity index (χ1n) is 30.4. The fraction of sp³-hybridized carbons (Fsp3) is 0.776. The predicted molar refractivity (Wildman–Crippen MR) is 318 cm³/mol. The van der Waals surface area contributed by atoms with Gasteiger partial charge in [0.05, 0.1) is 45.1 Å². The zero-order valence-corrected chi connectivity index (χ0v) is 52.4. The molecule has 0 spiro atoms. The number of hydrogen-bond donors (Lipinski definition) is 14. The van der Waals surface area contributed by atoms with Gasteiger partial charge in [-0.15, -0.1) is 0 Å². The zero-order chi connectivity index (χ0) is 69.2. The maximum absolute atomic E-state index is 12.4. The second-order valence-electron chi connectivity index (χ2n) is 21.9. The number of hydrogen-bond acceptors (Lipinski definition) is 26. The van der Waals surface area contributed by atoms with Gasteiger partial charge in [0.25, 0.3) is 0 Å². The summed E-state index contributed by atoms with van der Waals surface area (Å²) in [6.45, 7) is 2.84. The lowest BCUT2D eigenvalue weighted by Crippen LogP contribution is -2.68. The molecular weight excluding hydrogens is 1240 g/mol. The van der Waals surface area contributed by atoms with Gasteiger partial charge in [-0.2, -0.15) is 0 Å². The van der Waals surface area contributed by atoms with Crippen molar-refractivity contribution in [1.29, 1.82) is 0 Å². The molecule has 3 saturated heterocycles. The van der Waals surface area contributed by atoms with Crippen LogP contribution in [0.2, 0.25) is 0 Å². The Morgan fingerprint density at radius 3 is 1.54 bits per heavy atom. The van der Waals surface area contributed by atoms with Crippen LogP contribution in [0.4, 0.5) is 0 Å². The van der Waals surface area contributed by atoms with Crippen LogP contribution in [0.5, 0.6) is 0 Å². The number of aliphatic carboxylic acids is 2. The van der Waals surface area contributed by atoms with Crippen molar-refractivity contribution < 1.29 is 137 Å². The summed E-state index contributed by atoms with van der Waals surface area (Å²) in [5.74, 6) is -8.05. The van der Waals surface area contributed by atoms with Crippen LogP contribution in [0, 0.1) is 0 Å². The highest BCUT2D eigenvalue weighted by atomic mass is 16.8. The standard InChI is InChI=1S/C34H58N2O17.C23H35N5O11.CH4/c1-4-19(40)14-35-24(43)11-6-5-9-20(41)10-7-8-12-48-34-32(52-25-13-21(42)27(44)17(2)49-25)31(29(46)23(16-38)51-34)53-33-26(36-18(3)39)30(47)28(45)22(15-37)50-33;1-3-20(34)27(13-22(36)37)11-18(32)26-10-16(30)6-8-21(35)28(14-23(38)39)12-19(33)25-9-15(29)5-7-17(31)24-4-2;/h17,21-23,25-34,37-38,42,44-47H,4-16H2,1-3H3,(H,35,43)(H,36,39);3-14H2,1-2H3,(H,24,31)(H,25,33)(H,26,32)(H,36,37)(H,38,39);1H4/t17?,21-,22?,23?,25+,26?,27-,28+,29+,30-,31+,32?,33-,34-;;/m1../s1. The number of nitrogens with zero attached hydrogens (tertiary/aromatic N) is 2. The minimum absolute atomic E-state index is 0. The van der Waals surface area contributed by atoms with E-state index in [1.165, 1.54) is 13.8 Å². The number of aliphatic hydroxyl groups excluding tert-OH is 7. The SMILES string of the molecule is C.CCC(=O)CNC(=O)CCCCC(=O)CCCCO[C@@H]1OC(CO)[C@H](O)[C@H](O[C@H]2OC(CO)[C@H](O)[C@H](O)C2NC(C)=O)C1O[C@H]1C[C@@H](O)[C@H](O)C(C)O1.CCNC(=O)CCC(=O)CNC(=O)CN(CC(=O)O)C(=O)CCC(=O)CNC(=O)CN(CC(=O)O)C(=O)CC. The van der Waals surface area contributed by atoms with Crippen molar-refractivity contribution in [3.8, 4) is 0 Å². The Bertz CT molecular complexity index is 2430. The van der Waals surface area contributed by atoms with E-state index in [1.807, 2.05) is 0 Å². The summed E-state index contributed by atoms with van der Waals surface area (Å²) < 4.78 is 35.6. The van der Waals surface area contributed by atoms with Crippen molar-refractivity contribution in [1.82, 2.24) is 36.4 Å². The number of rotatable bonds is 41. The molecule has 14 atom stereocenters. The Kier molecular flexibility index (Phi) is 40.7. The number of Topliss-reactive ketones (excluding diaryl/α,β-unsaturated/α-hetero) is 4. The van der Waals surface area contributed by atoms with Crippen LogP contribution in [-0.4, -0.2) is 290 Å². The first kappa shape index (κ1) is 84.4. The number of aliphatic hydroxyl groups is 7. The van der Waals surface area contributed by atoms with Gasteiger partial charge in [0.1, 0.15) is 86.8 Å². The van der Waals surface area contributed by atoms with Crippen molar-refractivity contribution in [2.75, 3.05) is 72.2 Å². The molecule has 0 aromatic heterocycles. The maximum atomic E-state index is 12.4. The van der Waals surface area contributed by atoms with Gasteiger partial charge in [-0.05, 0) is 39.5 Å². The first-order valence-corrected chi connectivity index (χ1v) is 30.4. The third kappa shape index (κ3) is 31.9. The molecule has 35 heteroatoms. The summed E-state index contributed by atoms with van der Waals surface area (Å²) in [5.41, 5.74) is 0. The fourth-order valence-corrected chi connectivity index (χ4v) is 9.26. The summed E-state index contributed by atoms with van der Waals surface area (Å²) in [6, 6.07) is -1.39. The molecule has 0 bridgehead atoms. The lowest BCUT2D eigenvalue weighted by Gasteiger charge is -2.49. The van der Waals surface area contributed by atoms with Crippen LogP contribution in [0.25, 0.3) is 0 Å². The molecule has 0 aromatic carbocycles. The maximum Gasteiger partial charge on any atom is 0.323 e. The van der Waals surface area contributed by atoms with E-state index in [2.05, 4.69) is 26.6 Å². The normalized spacial score (nSPS) is 24.8. The Morgan fingerprint density at radius 2 is 1.01 bits per heavy atom. The van der Waals surface area contributed by atoms with Gasteiger partial charge in [0.2, 0.25) is 41.4 Å². The van der Waals surface area contributed by atoms with Gasteiger partial charge in [-0.25, -0.2) is 0 Å². The molecule has 532 valence electrons. The number of carboxylic acids is 2. The van der Waals surface area contributed by atoms with E-state index in [0.29, 0.717) is 43.5 Å². The van der Waals surface area contributed by atoms with Crippen molar-refractivity contribution in [2.24, 2.45) is 0 Å². The van der Waals surface area contributed by atoms with Gasteiger partial charge in [-0.1, -0.05) is 21.3 Å². The molecule has 3 heterocycles. The van der Waals surface area contributed by atoms with Gasteiger partial charge in [0, 0.05) is 84.3 Å². The van der Waals surface area contributed by atoms with E-state index in [0.717, 1.165) is 11.8 Å². The van der Waals surface area contributed by atoms with Crippen LogP contribution >= 0.6 is 0 Å². The number of unbranched alkanes of at least 4 members (excludes halogenated alkanes) is 2. The molecule has 7 amide bonds. The van der Waals surface area contributed by atoms with E-state index in [9.17, 15) is 98.1 Å². The summed E-state index contributed by atoms with van der Waals surface area (Å²) in [5, 5.41) is 103. The molecule has 3 aliphatic rings. The van der Waals surface area contributed by atoms with Crippen molar-refractivity contribution >= 4 is 76.4 Å². The lowest BCUT2D eigenvalue weighted by molar-refractivity contribution is -0.375. The first-order chi connectivity index (χ1) is 43.5. The summed E-state index contributed by atoms with van der Waals surface area (Å²) in [4.78, 5) is 155. The third-order valence-corrected chi connectivity index (χ3v) is 14.4. The van der Waals surface area contributed by atoms with Crippen LogP contribution in [-0.2, 0) is 90.8 Å². The van der Waals surface area contributed by atoms with E-state index >= 15 is 0 Å². The van der Waals surface area contributed by atoms with Crippen LogP contribution in [0.1, 0.15) is 132 Å². The van der Waals surface area contributed by atoms with Gasteiger partial charge < -0.3 is 111 Å². The molecule has 93 heavy (non-hydrogen) atoms. The topological polar surface area (TPSA) is 526 Å². The summed E-state index contributed by atoms with van der Waals surface area (Å²) in [6.07, 6.45) is -16.2. The Morgan fingerprint density at radius 1 is 0.505 bits per heavy atom. The highest BCUT2D eigenvalue weighted by Crippen LogP contribution is 2.34. The van der Waals surface area contributed by atoms with Crippen LogP contribution < -0.4 is 26.6 Å². The van der Waals surface area contributed by atoms with Crippen molar-refractivity contribution in [2.45, 2.75) is 218 Å². The third-order valence-electron chi connectivity index (χ3n) is 14.4.